The Morgan fingerprint density at radius 3 is 2.36 bits per heavy atom. The summed E-state index contributed by atoms with van der Waals surface area (Å²) in [6.45, 7) is 1.43. The van der Waals surface area contributed by atoms with Crippen LogP contribution >= 0.6 is 0 Å². The van der Waals surface area contributed by atoms with Crippen molar-refractivity contribution in [2.24, 2.45) is 5.92 Å². The maximum absolute atomic E-state index is 13.2. The number of ether oxygens (including phenoxy) is 1. The van der Waals surface area contributed by atoms with Gasteiger partial charge >= 0.3 is 5.97 Å². The first-order valence-corrected chi connectivity index (χ1v) is 10.0. The van der Waals surface area contributed by atoms with Crippen LogP contribution in [0.4, 0.5) is 0 Å². The van der Waals surface area contributed by atoms with Crippen LogP contribution in [0.3, 0.4) is 0 Å². The van der Waals surface area contributed by atoms with Crippen LogP contribution in [0, 0.1) is 5.92 Å². The Balaban J connectivity index is 1.99. The lowest BCUT2D eigenvalue weighted by atomic mass is 9.85. The Kier molecular flexibility index (Phi) is 4.97. The van der Waals surface area contributed by atoms with E-state index in [0.29, 0.717) is 12.0 Å². The topological polar surface area (TPSA) is 80.8 Å². The third-order valence-corrected chi connectivity index (χ3v) is 7.29. The van der Waals surface area contributed by atoms with Gasteiger partial charge in [0.15, 0.2) is 5.78 Å². The first kappa shape index (κ1) is 18.1. The van der Waals surface area contributed by atoms with E-state index in [9.17, 15) is 18.0 Å². The van der Waals surface area contributed by atoms with Crippen molar-refractivity contribution in [2.45, 2.75) is 56.0 Å². The molecule has 1 heterocycles. The lowest BCUT2D eigenvalue weighted by Gasteiger charge is -2.32. The third kappa shape index (κ3) is 3.22. The van der Waals surface area contributed by atoms with Crippen LogP contribution in [-0.4, -0.2) is 43.7 Å². The van der Waals surface area contributed by atoms with Gasteiger partial charge in [0, 0.05) is 11.6 Å². The second-order valence-electron chi connectivity index (χ2n) is 6.80. The molecule has 0 aromatic heterocycles. The van der Waals surface area contributed by atoms with Gasteiger partial charge in [-0.2, -0.15) is 4.31 Å². The Bertz CT molecular complexity index is 771. The van der Waals surface area contributed by atoms with Crippen LogP contribution < -0.4 is 0 Å². The number of methoxy groups -OCH3 is 1. The van der Waals surface area contributed by atoms with Gasteiger partial charge in [0.1, 0.15) is 6.04 Å². The SMILES string of the molecule is COC(=O)[C@@H]1C[C@@H]2CCCC[C@H]2N1S(=O)(=O)c1ccc(C(C)=O)cc1. The van der Waals surface area contributed by atoms with Crippen molar-refractivity contribution in [1.29, 1.82) is 0 Å². The van der Waals surface area contributed by atoms with E-state index in [4.69, 9.17) is 4.74 Å². The fourth-order valence-electron chi connectivity index (χ4n) is 4.09. The summed E-state index contributed by atoms with van der Waals surface area (Å²) in [4.78, 5) is 23.7. The Hall–Kier alpha value is -1.73. The van der Waals surface area contributed by atoms with Crippen molar-refractivity contribution in [3.05, 3.63) is 29.8 Å². The molecule has 25 heavy (non-hydrogen) atoms. The zero-order valence-corrected chi connectivity index (χ0v) is 15.3. The molecule has 0 spiro atoms. The van der Waals surface area contributed by atoms with E-state index >= 15 is 0 Å². The summed E-state index contributed by atoms with van der Waals surface area (Å²) in [5, 5.41) is 0. The lowest BCUT2D eigenvalue weighted by molar-refractivity contribution is -0.144. The molecular weight excluding hydrogens is 342 g/mol. The highest BCUT2D eigenvalue weighted by molar-refractivity contribution is 7.89. The number of Topliss-reactive ketones (excluding diaryl/α,β-unsaturated/α-hetero) is 1. The van der Waals surface area contributed by atoms with Crippen LogP contribution in [0.5, 0.6) is 0 Å². The average Bonchev–Trinajstić information content (AvgIpc) is 3.01. The molecule has 0 radical (unpaired) electrons. The summed E-state index contributed by atoms with van der Waals surface area (Å²) in [7, 11) is -2.55. The summed E-state index contributed by atoms with van der Waals surface area (Å²) in [5.74, 6) is -0.424. The number of ketones is 1. The highest BCUT2D eigenvalue weighted by atomic mass is 32.2. The van der Waals surface area contributed by atoms with E-state index in [1.54, 1.807) is 0 Å². The van der Waals surface area contributed by atoms with Crippen LogP contribution in [0.1, 0.15) is 49.4 Å². The lowest BCUT2D eigenvalue weighted by Crippen LogP contribution is -2.46. The van der Waals surface area contributed by atoms with E-state index in [0.717, 1.165) is 25.7 Å². The van der Waals surface area contributed by atoms with Crippen molar-refractivity contribution in [1.82, 2.24) is 4.31 Å². The number of esters is 1. The van der Waals surface area contributed by atoms with Crippen molar-refractivity contribution < 1.29 is 22.7 Å². The summed E-state index contributed by atoms with van der Waals surface area (Å²) < 4.78 is 32.7. The smallest absolute Gasteiger partial charge is 0.324 e. The number of benzene rings is 1. The molecule has 1 saturated carbocycles. The second kappa shape index (κ2) is 6.88. The monoisotopic (exact) mass is 365 g/mol. The van der Waals surface area contributed by atoms with Crippen LogP contribution in [-0.2, 0) is 19.6 Å². The molecule has 2 aliphatic rings. The zero-order valence-electron chi connectivity index (χ0n) is 14.5. The molecule has 3 rings (SSSR count). The summed E-state index contributed by atoms with van der Waals surface area (Å²) in [5.41, 5.74) is 0.459. The van der Waals surface area contributed by atoms with Crippen molar-refractivity contribution in [3.8, 4) is 0 Å². The summed E-state index contributed by atoms with van der Waals surface area (Å²) >= 11 is 0. The van der Waals surface area contributed by atoms with Crippen LogP contribution in [0.15, 0.2) is 29.2 Å². The summed E-state index contributed by atoms with van der Waals surface area (Å²) in [6, 6.07) is 4.98. The molecule has 0 N–H and O–H groups in total. The molecule has 6 nitrogen and oxygen atoms in total. The first-order valence-electron chi connectivity index (χ1n) is 8.58. The maximum atomic E-state index is 13.2. The molecule has 136 valence electrons. The maximum Gasteiger partial charge on any atom is 0.324 e. The number of fused-ring (bicyclic) bond motifs is 1. The van der Waals surface area contributed by atoms with Gasteiger partial charge in [0.2, 0.25) is 10.0 Å². The number of sulfonamides is 1. The van der Waals surface area contributed by atoms with Gasteiger partial charge in [-0.05, 0) is 44.2 Å². The van der Waals surface area contributed by atoms with Gasteiger partial charge in [0.05, 0.1) is 12.0 Å². The molecule has 0 unspecified atom stereocenters. The molecule has 1 aliphatic heterocycles. The normalized spacial score (nSPS) is 26.9. The van der Waals surface area contributed by atoms with Gasteiger partial charge in [-0.25, -0.2) is 8.42 Å². The Labute approximate surface area is 148 Å². The van der Waals surface area contributed by atoms with Crippen LogP contribution in [0.2, 0.25) is 0 Å². The van der Waals surface area contributed by atoms with Gasteiger partial charge < -0.3 is 4.74 Å². The van der Waals surface area contributed by atoms with Crippen molar-refractivity contribution >= 4 is 21.8 Å². The van der Waals surface area contributed by atoms with E-state index < -0.39 is 22.0 Å². The van der Waals surface area contributed by atoms with E-state index in [1.165, 1.54) is 42.6 Å². The highest BCUT2D eigenvalue weighted by Gasteiger charge is 2.51. The van der Waals surface area contributed by atoms with Gasteiger partial charge in [-0.15, -0.1) is 0 Å². The predicted octanol–water partition coefficient (Wildman–Crippen LogP) is 2.38. The number of hydrogen-bond acceptors (Lipinski definition) is 5. The van der Waals surface area contributed by atoms with Gasteiger partial charge in [0.25, 0.3) is 0 Å². The number of carbonyl (C=O) groups is 2. The number of nitrogens with zero attached hydrogens (tertiary/aromatic N) is 1. The summed E-state index contributed by atoms with van der Waals surface area (Å²) in [6.07, 6.45) is 4.25. The molecular formula is C18H23NO5S. The number of carbonyl (C=O) groups excluding carboxylic acids is 2. The number of rotatable bonds is 4. The fourth-order valence-corrected chi connectivity index (χ4v) is 5.95. The predicted molar refractivity (Wildman–Crippen MR) is 91.6 cm³/mol. The minimum Gasteiger partial charge on any atom is -0.468 e. The third-order valence-electron chi connectivity index (χ3n) is 5.34. The largest absolute Gasteiger partial charge is 0.468 e. The minimum atomic E-state index is -3.83. The number of hydrogen-bond donors (Lipinski definition) is 0. The standard InChI is InChI=1S/C18H23NO5S/c1-12(20)13-7-9-15(10-8-13)25(22,23)19-16-6-4-3-5-14(16)11-17(19)18(21)24-2/h7-10,14,16-17H,3-6,11H2,1-2H3/t14-,16+,17-/m0/s1. The molecule has 0 amide bonds. The first-order chi connectivity index (χ1) is 11.9. The molecule has 1 aromatic carbocycles. The minimum absolute atomic E-state index is 0.109. The van der Waals surface area contributed by atoms with E-state index in [2.05, 4.69) is 0 Å². The molecule has 1 aromatic rings. The average molecular weight is 365 g/mol. The molecule has 3 atom stereocenters. The fraction of sp³-hybridized carbons (Fsp3) is 0.556. The van der Waals surface area contributed by atoms with Gasteiger partial charge in [-0.3, -0.25) is 9.59 Å². The highest BCUT2D eigenvalue weighted by Crippen LogP contribution is 2.43. The Morgan fingerprint density at radius 1 is 1.12 bits per heavy atom. The molecule has 7 heteroatoms. The van der Waals surface area contributed by atoms with Crippen molar-refractivity contribution in [2.75, 3.05) is 7.11 Å². The quantitative estimate of drug-likeness (QED) is 0.604. The van der Waals surface area contributed by atoms with Crippen LogP contribution in [0.25, 0.3) is 0 Å². The second-order valence-corrected chi connectivity index (χ2v) is 8.65. The van der Waals surface area contributed by atoms with E-state index in [1.807, 2.05) is 0 Å². The van der Waals surface area contributed by atoms with E-state index in [-0.39, 0.29) is 22.6 Å². The van der Waals surface area contributed by atoms with Crippen molar-refractivity contribution in [3.63, 3.8) is 0 Å². The molecule has 1 saturated heterocycles. The molecule has 1 aliphatic carbocycles. The Morgan fingerprint density at radius 2 is 1.76 bits per heavy atom. The van der Waals surface area contributed by atoms with Gasteiger partial charge in [-0.1, -0.05) is 25.0 Å². The molecule has 2 fully saturated rings. The zero-order chi connectivity index (χ0) is 18.2. The molecule has 0 bridgehead atoms.